The molecule has 0 heterocycles. The van der Waals surface area contributed by atoms with E-state index < -0.39 is 6.29 Å². The summed E-state index contributed by atoms with van der Waals surface area (Å²) < 4.78 is 5.28. The van der Waals surface area contributed by atoms with Crippen molar-refractivity contribution >= 4 is 0 Å². The van der Waals surface area contributed by atoms with Crippen molar-refractivity contribution in [3.05, 3.63) is 0 Å². The van der Waals surface area contributed by atoms with E-state index >= 15 is 0 Å². The largest absolute Gasteiger partial charge is 0.368 e. The Morgan fingerprint density at radius 3 is 1.94 bits per heavy atom. The van der Waals surface area contributed by atoms with Gasteiger partial charge in [-0.1, -0.05) is 33.6 Å². The first-order valence-corrected chi connectivity index (χ1v) is 7.26. The van der Waals surface area contributed by atoms with Gasteiger partial charge in [0, 0.05) is 6.54 Å². The van der Waals surface area contributed by atoms with Crippen molar-refractivity contribution in [3.63, 3.8) is 0 Å². The number of aliphatic hydroxyl groups is 1. The maximum absolute atomic E-state index is 9.27. The van der Waals surface area contributed by atoms with Gasteiger partial charge in [0.05, 0.1) is 6.61 Å². The zero-order valence-corrected chi connectivity index (χ0v) is 12.0. The molecule has 0 aliphatic rings. The van der Waals surface area contributed by atoms with E-state index in [1.807, 2.05) is 6.92 Å². The number of unbranched alkanes of at least 4 members (excludes halogenated alkanes) is 2. The lowest BCUT2D eigenvalue weighted by atomic mass is 10.2. The highest BCUT2D eigenvalue weighted by atomic mass is 16.6. The molecular weight excluding hydrogens is 214 g/mol. The first-order valence-electron chi connectivity index (χ1n) is 7.26. The SMILES string of the molecule is CCCCN(CCCC)CCCOC(O)CC. The van der Waals surface area contributed by atoms with Crippen LogP contribution in [0.1, 0.15) is 59.3 Å². The lowest BCUT2D eigenvalue weighted by molar-refractivity contribution is -0.101. The van der Waals surface area contributed by atoms with Crippen molar-refractivity contribution in [3.8, 4) is 0 Å². The summed E-state index contributed by atoms with van der Waals surface area (Å²) in [5.74, 6) is 0. The molecule has 3 nitrogen and oxygen atoms in total. The molecule has 0 fully saturated rings. The molecule has 3 heteroatoms. The van der Waals surface area contributed by atoms with Crippen molar-refractivity contribution in [1.29, 1.82) is 0 Å². The van der Waals surface area contributed by atoms with Gasteiger partial charge in [-0.3, -0.25) is 0 Å². The average Bonchev–Trinajstić information content (AvgIpc) is 2.36. The molecule has 0 saturated carbocycles. The Morgan fingerprint density at radius 2 is 1.47 bits per heavy atom. The maximum atomic E-state index is 9.27. The first kappa shape index (κ1) is 16.9. The van der Waals surface area contributed by atoms with Crippen molar-refractivity contribution < 1.29 is 9.84 Å². The van der Waals surface area contributed by atoms with Gasteiger partial charge in [0.2, 0.25) is 0 Å². The van der Waals surface area contributed by atoms with Crippen LogP contribution < -0.4 is 0 Å². The monoisotopic (exact) mass is 245 g/mol. The molecular formula is C14H31NO2. The average molecular weight is 245 g/mol. The summed E-state index contributed by atoms with van der Waals surface area (Å²) in [6, 6.07) is 0. The molecule has 1 atom stereocenters. The van der Waals surface area contributed by atoms with Gasteiger partial charge >= 0.3 is 0 Å². The summed E-state index contributed by atoms with van der Waals surface area (Å²) in [6.45, 7) is 10.6. The summed E-state index contributed by atoms with van der Waals surface area (Å²) >= 11 is 0. The van der Waals surface area contributed by atoms with Crippen LogP contribution in [-0.4, -0.2) is 42.5 Å². The Labute approximate surface area is 107 Å². The highest BCUT2D eigenvalue weighted by molar-refractivity contribution is 4.58. The zero-order chi connectivity index (χ0) is 12.9. The number of hydrogen-bond acceptors (Lipinski definition) is 3. The molecule has 0 aliphatic carbocycles. The minimum absolute atomic E-state index is 0.574. The molecule has 0 amide bonds. The van der Waals surface area contributed by atoms with Crippen LogP contribution in [0.2, 0.25) is 0 Å². The molecule has 0 spiro atoms. The van der Waals surface area contributed by atoms with Crippen LogP contribution in [-0.2, 0) is 4.74 Å². The summed E-state index contributed by atoms with van der Waals surface area (Å²) in [7, 11) is 0. The highest BCUT2D eigenvalue weighted by Gasteiger charge is 2.04. The Morgan fingerprint density at radius 1 is 0.941 bits per heavy atom. The van der Waals surface area contributed by atoms with E-state index in [9.17, 15) is 5.11 Å². The third kappa shape index (κ3) is 10.7. The second kappa shape index (κ2) is 12.3. The van der Waals surface area contributed by atoms with Crippen molar-refractivity contribution in [2.45, 2.75) is 65.6 Å². The smallest absolute Gasteiger partial charge is 0.154 e. The Balaban J connectivity index is 3.59. The lowest BCUT2D eigenvalue weighted by Gasteiger charge is -2.22. The second-order valence-electron chi connectivity index (χ2n) is 4.64. The molecule has 1 unspecified atom stereocenters. The number of aliphatic hydroxyl groups excluding tert-OH is 1. The second-order valence-corrected chi connectivity index (χ2v) is 4.64. The quantitative estimate of drug-likeness (QED) is 0.424. The van der Waals surface area contributed by atoms with Gasteiger partial charge in [-0.25, -0.2) is 0 Å². The topological polar surface area (TPSA) is 32.7 Å². The predicted octanol–water partition coefficient (Wildman–Crippen LogP) is 3.02. The maximum Gasteiger partial charge on any atom is 0.154 e. The molecule has 104 valence electrons. The standard InChI is InChI=1S/C14H31NO2/c1-4-7-10-15(11-8-5-2)12-9-13-17-14(16)6-3/h14,16H,4-13H2,1-3H3. The minimum atomic E-state index is -0.574. The van der Waals surface area contributed by atoms with Crippen LogP contribution in [0.5, 0.6) is 0 Å². The molecule has 0 radical (unpaired) electrons. The Bertz CT molecular complexity index is 145. The summed E-state index contributed by atoms with van der Waals surface area (Å²) in [5.41, 5.74) is 0. The Kier molecular flexibility index (Phi) is 12.3. The number of rotatable bonds is 12. The molecule has 0 aliphatic heterocycles. The lowest BCUT2D eigenvalue weighted by Crippen LogP contribution is -2.28. The number of nitrogens with zero attached hydrogens (tertiary/aromatic N) is 1. The fourth-order valence-electron chi connectivity index (χ4n) is 1.72. The third-order valence-corrected chi connectivity index (χ3v) is 2.93. The van der Waals surface area contributed by atoms with Crippen LogP contribution in [0.15, 0.2) is 0 Å². The van der Waals surface area contributed by atoms with E-state index in [1.165, 1.54) is 38.8 Å². The van der Waals surface area contributed by atoms with Crippen LogP contribution in [0, 0.1) is 0 Å². The normalized spacial score (nSPS) is 13.2. The van der Waals surface area contributed by atoms with Gasteiger partial charge in [0.25, 0.3) is 0 Å². The molecule has 0 aromatic rings. The van der Waals surface area contributed by atoms with Gasteiger partial charge in [-0.15, -0.1) is 0 Å². The fraction of sp³-hybridized carbons (Fsp3) is 1.00. The molecule has 1 N–H and O–H groups in total. The van der Waals surface area contributed by atoms with Crippen LogP contribution in [0.3, 0.4) is 0 Å². The van der Waals surface area contributed by atoms with Gasteiger partial charge in [0.15, 0.2) is 6.29 Å². The highest BCUT2D eigenvalue weighted by Crippen LogP contribution is 2.01. The minimum Gasteiger partial charge on any atom is -0.368 e. The first-order chi connectivity index (χ1) is 8.24. The van der Waals surface area contributed by atoms with E-state index in [4.69, 9.17) is 4.74 Å². The molecule has 0 bridgehead atoms. The Hall–Kier alpha value is -0.120. The number of ether oxygens (including phenoxy) is 1. The van der Waals surface area contributed by atoms with Crippen molar-refractivity contribution in [1.82, 2.24) is 4.90 Å². The van der Waals surface area contributed by atoms with Crippen LogP contribution in [0.4, 0.5) is 0 Å². The van der Waals surface area contributed by atoms with E-state index in [-0.39, 0.29) is 0 Å². The summed E-state index contributed by atoms with van der Waals surface area (Å²) in [5, 5.41) is 9.27. The van der Waals surface area contributed by atoms with E-state index in [1.54, 1.807) is 0 Å². The molecule has 0 rings (SSSR count). The summed E-state index contributed by atoms with van der Waals surface area (Å²) in [4.78, 5) is 2.52. The van der Waals surface area contributed by atoms with E-state index in [0.29, 0.717) is 13.0 Å². The van der Waals surface area contributed by atoms with Gasteiger partial charge in [-0.05, 0) is 38.8 Å². The van der Waals surface area contributed by atoms with E-state index in [0.717, 1.165) is 13.0 Å². The van der Waals surface area contributed by atoms with Crippen molar-refractivity contribution in [2.24, 2.45) is 0 Å². The van der Waals surface area contributed by atoms with Crippen LogP contribution >= 0.6 is 0 Å². The predicted molar refractivity (Wildman–Crippen MR) is 73.1 cm³/mol. The fourth-order valence-corrected chi connectivity index (χ4v) is 1.72. The zero-order valence-electron chi connectivity index (χ0n) is 12.0. The van der Waals surface area contributed by atoms with Crippen LogP contribution in [0.25, 0.3) is 0 Å². The molecule has 0 saturated heterocycles. The van der Waals surface area contributed by atoms with Gasteiger partial charge in [-0.2, -0.15) is 0 Å². The summed E-state index contributed by atoms with van der Waals surface area (Å²) in [6.07, 6.45) is 6.20. The van der Waals surface area contributed by atoms with Crippen molar-refractivity contribution in [2.75, 3.05) is 26.2 Å². The molecule has 17 heavy (non-hydrogen) atoms. The van der Waals surface area contributed by atoms with Gasteiger partial charge < -0.3 is 14.7 Å². The van der Waals surface area contributed by atoms with Gasteiger partial charge in [0.1, 0.15) is 0 Å². The third-order valence-electron chi connectivity index (χ3n) is 2.93. The number of hydrogen-bond donors (Lipinski definition) is 1. The molecule has 0 aromatic carbocycles. The molecule has 0 aromatic heterocycles. The van der Waals surface area contributed by atoms with E-state index in [2.05, 4.69) is 18.7 Å².